The summed E-state index contributed by atoms with van der Waals surface area (Å²) in [6, 6.07) is 24.0. The molecule has 0 unspecified atom stereocenters. The predicted molar refractivity (Wildman–Crippen MR) is 147 cm³/mol. The summed E-state index contributed by atoms with van der Waals surface area (Å²) in [5.74, 6) is -1.58. The zero-order chi connectivity index (χ0) is 27.1. The highest BCUT2D eigenvalue weighted by molar-refractivity contribution is 8.03. The smallest absolute Gasteiger partial charge is 0.254 e. The number of nitriles is 1. The van der Waals surface area contributed by atoms with Crippen LogP contribution in [0.3, 0.4) is 0 Å². The molecule has 192 valence electrons. The van der Waals surface area contributed by atoms with Gasteiger partial charge in [-0.15, -0.1) is 0 Å². The molecular formula is C29H25FN4O3S. The largest absolute Gasteiger partial charge is 0.497 e. The van der Waals surface area contributed by atoms with E-state index >= 15 is 4.39 Å². The quantitative estimate of drug-likeness (QED) is 0.355. The Morgan fingerprint density at radius 3 is 2.32 bits per heavy atom. The highest BCUT2D eigenvalue weighted by atomic mass is 32.2. The van der Waals surface area contributed by atoms with Crippen LogP contribution in [0.1, 0.15) is 18.4 Å². The second-order valence-corrected chi connectivity index (χ2v) is 9.34. The summed E-state index contributed by atoms with van der Waals surface area (Å²) in [5.41, 5.74) is 2.21. The summed E-state index contributed by atoms with van der Waals surface area (Å²) in [4.78, 5) is 26.0. The molecule has 3 N–H and O–H groups in total. The van der Waals surface area contributed by atoms with E-state index in [9.17, 15) is 14.9 Å². The maximum Gasteiger partial charge on any atom is 0.254 e. The van der Waals surface area contributed by atoms with Gasteiger partial charge in [-0.3, -0.25) is 9.59 Å². The van der Waals surface area contributed by atoms with Crippen LogP contribution in [-0.2, 0) is 9.59 Å². The molecule has 0 fully saturated rings. The minimum atomic E-state index is -0.960. The first-order valence-electron chi connectivity index (χ1n) is 11.7. The van der Waals surface area contributed by atoms with Gasteiger partial charge < -0.3 is 20.7 Å². The van der Waals surface area contributed by atoms with Crippen molar-refractivity contribution in [1.82, 2.24) is 5.32 Å². The van der Waals surface area contributed by atoms with Crippen molar-refractivity contribution in [1.29, 1.82) is 5.26 Å². The van der Waals surface area contributed by atoms with Gasteiger partial charge in [0.1, 0.15) is 11.6 Å². The third-order valence-electron chi connectivity index (χ3n) is 5.86. The Kier molecular flexibility index (Phi) is 8.46. The minimum Gasteiger partial charge on any atom is -0.497 e. The minimum absolute atomic E-state index is 0.0115. The molecular weight excluding hydrogens is 503 g/mol. The summed E-state index contributed by atoms with van der Waals surface area (Å²) in [6.07, 6.45) is 0. The van der Waals surface area contributed by atoms with Crippen LogP contribution in [0.15, 0.2) is 101 Å². The number of nitrogens with one attached hydrogen (secondary N) is 3. The molecule has 0 saturated carbocycles. The molecule has 1 heterocycles. The molecule has 0 radical (unpaired) electrons. The van der Waals surface area contributed by atoms with Crippen LogP contribution in [0.2, 0.25) is 0 Å². The first-order valence-corrected chi connectivity index (χ1v) is 12.7. The fraction of sp³-hybridized carbons (Fsp3) is 0.138. The van der Waals surface area contributed by atoms with Crippen LogP contribution in [0, 0.1) is 17.1 Å². The Morgan fingerprint density at radius 2 is 1.66 bits per heavy atom. The van der Waals surface area contributed by atoms with Gasteiger partial charge in [0.25, 0.3) is 5.91 Å². The normalized spacial score (nSPS) is 14.8. The van der Waals surface area contributed by atoms with Crippen molar-refractivity contribution in [3.63, 3.8) is 0 Å². The number of amides is 2. The Hall–Kier alpha value is -4.55. The van der Waals surface area contributed by atoms with Crippen LogP contribution < -0.4 is 20.7 Å². The van der Waals surface area contributed by atoms with Gasteiger partial charge in [0.05, 0.1) is 35.5 Å². The van der Waals surface area contributed by atoms with E-state index in [0.717, 1.165) is 11.8 Å². The van der Waals surface area contributed by atoms with Crippen molar-refractivity contribution >= 4 is 35.0 Å². The number of methoxy groups -OCH3 is 1. The number of benzene rings is 3. The number of nitrogens with zero attached hydrogens (tertiary/aromatic N) is 1. The van der Waals surface area contributed by atoms with Crippen molar-refractivity contribution in [2.24, 2.45) is 0 Å². The van der Waals surface area contributed by atoms with Crippen LogP contribution in [0.5, 0.6) is 5.75 Å². The Bertz CT molecular complexity index is 1450. The fourth-order valence-corrected chi connectivity index (χ4v) is 4.97. The number of halogens is 1. The third kappa shape index (κ3) is 6.05. The standard InChI is InChI=1S/C29H25FN4O3S/c1-18-26(28(36)34-19-8-4-3-5-9-19)27(22-10-6-7-11-24(22)30)23(16-31)29(32-18)38-17-25(35)33-20-12-14-21(37-2)15-13-20/h3-15,27,32H,17H2,1-2H3,(H,33,35)(H,34,36)/t27-/m0/s1. The van der Waals surface area contributed by atoms with E-state index < -0.39 is 17.6 Å². The lowest BCUT2D eigenvalue weighted by Crippen LogP contribution is -2.31. The van der Waals surface area contributed by atoms with Gasteiger partial charge >= 0.3 is 0 Å². The summed E-state index contributed by atoms with van der Waals surface area (Å²) in [7, 11) is 1.56. The number of para-hydroxylation sites is 1. The topological polar surface area (TPSA) is 103 Å². The van der Waals surface area contributed by atoms with Crippen molar-refractivity contribution in [3.8, 4) is 11.8 Å². The Balaban J connectivity index is 1.61. The molecule has 0 spiro atoms. The summed E-state index contributed by atoms with van der Waals surface area (Å²) in [6.45, 7) is 1.69. The second kappa shape index (κ2) is 12.1. The molecule has 0 aromatic heterocycles. The molecule has 2 amide bonds. The lowest BCUT2D eigenvalue weighted by Gasteiger charge is -2.30. The molecule has 0 aliphatic carbocycles. The average Bonchev–Trinajstić information content (AvgIpc) is 2.92. The number of ether oxygens (including phenoxy) is 1. The molecule has 3 aromatic carbocycles. The van der Waals surface area contributed by atoms with Gasteiger partial charge in [0.2, 0.25) is 5.91 Å². The molecule has 1 atom stereocenters. The lowest BCUT2D eigenvalue weighted by atomic mass is 9.82. The molecule has 9 heteroatoms. The van der Waals surface area contributed by atoms with Gasteiger partial charge in [-0.25, -0.2) is 4.39 Å². The zero-order valence-corrected chi connectivity index (χ0v) is 21.6. The van der Waals surface area contributed by atoms with Crippen LogP contribution >= 0.6 is 11.8 Å². The number of thioether (sulfide) groups is 1. The first kappa shape index (κ1) is 26.5. The van der Waals surface area contributed by atoms with Gasteiger partial charge in [-0.05, 0) is 49.4 Å². The molecule has 1 aliphatic heterocycles. The molecule has 0 bridgehead atoms. The van der Waals surface area contributed by atoms with Crippen molar-refractivity contribution in [2.45, 2.75) is 12.8 Å². The molecule has 1 aliphatic rings. The number of carbonyl (C=O) groups excluding carboxylic acids is 2. The number of allylic oxidation sites excluding steroid dienone is 2. The molecule has 4 rings (SSSR count). The van der Waals surface area contributed by atoms with E-state index in [-0.39, 0.29) is 28.4 Å². The maximum atomic E-state index is 15.0. The number of hydrogen-bond acceptors (Lipinski definition) is 6. The van der Waals surface area contributed by atoms with Crippen molar-refractivity contribution in [2.75, 3.05) is 23.5 Å². The first-order chi connectivity index (χ1) is 18.4. The van der Waals surface area contributed by atoms with E-state index in [1.807, 2.05) is 6.07 Å². The van der Waals surface area contributed by atoms with E-state index in [2.05, 4.69) is 22.0 Å². The Morgan fingerprint density at radius 1 is 1.00 bits per heavy atom. The average molecular weight is 529 g/mol. The number of rotatable bonds is 8. The van der Waals surface area contributed by atoms with Crippen LogP contribution in [0.25, 0.3) is 0 Å². The summed E-state index contributed by atoms with van der Waals surface area (Å²) < 4.78 is 20.2. The van der Waals surface area contributed by atoms with Gasteiger partial charge in [0, 0.05) is 28.2 Å². The van der Waals surface area contributed by atoms with Crippen LogP contribution in [-0.4, -0.2) is 24.7 Å². The molecule has 38 heavy (non-hydrogen) atoms. The summed E-state index contributed by atoms with van der Waals surface area (Å²) in [5, 5.41) is 19.3. The number of dihydropyridines is 1. The number of hydrogen-bond donors (Lipinski definition) is 3. The molecule has 3 aromatic rings. The zero-order valence-electron chi connectivity index (χ0n) is 20.7. The van der Waals surface area contributed by atoms with Crippen LogP contribution in [0.4, 0.5) is 15.8 Å². The van der Waals surface area contributed by atoms with E-state index in [0.29, 0.717) is 27.9 Å². The summed E-state index contributed by atoms with van der Waals surface area (Å²) >= 11 is 1.11. The van der Waals surface area contributed by atoms with Gasteiger partial charge in [0.15, 0.2) is 0 Å². The second-order valence-electron chi connectivity index (χ2n) is 8.36. The maximum absolute atomic E-state index is 15.0. The van der Waals surface area contributed by atoms with E-state index in [1.165, 1.54) is 6.07 Å². The fourth-order valence-electron chi connectivity index (χ4n) is 4.08. The van der Waals surface area contributed by atoms with Gasteiger partial charge in [-0.1, -0.05) is 48.2 Å². The highest BCUT2D eigenvalue weighted by Crippen LogP contribution is 2.41. The monoisotopic (exact) mass is 528 g/mol. The number of carbonyl (C=O) groups is 2. The Labute approximate surface area is 224 Å². The molecule has 7 nitrogen and oxygen atoms in total. The van der Waals surface area contributed by atoms with Crippen molar-refractivity contribution in [3.05, 3.63) is 112 Å². The number of anilines is 2. The predicted octanol–water partition coefficient (Wildman–Crippen LogP) is 5.54. The lowest BCUT2D eigenvalue weighted by molar-refractivity contribution is -0.114. The highest BCUT2D eigenvalue weighted by Gasteiger charge is 2.36. The third-order valence-corrected chi connectivity index (χ3v) is 6.88. The van der Waals surface area contributed by atoms with E-state index in [4.69, 9.17) is 4.74 Å². The molecule has 0 saturated heterocycles. The van der Waals surface area contributed by atoms with Gasteiger partial charge in [-0.2, -0.15) is 5.26 Å². The SMILES string of the molecule is COc1ccc(NC(=O)CSC2=C(C#N)[C@H](c3ccccc3F)C(C(=O)Nc3ccccc3)=C(C)N2)cc1. The van der Waals surface area contributed by atoms with E-state index in [1.54, 1.807) is 80.8 Å². The van der Waals surface area contributed by atoms with Crippen molar-refractivity contribution < 1.29 is 18.7 Å².